The summed E-state index contributed by atoms with van der Waals surface area (Å²) in [4.78, 5) is 28.7. The summed E-state index contributed by atoms with van der Waals surface area (Å²) < 4.78 is 15.5. The van der Waals surface area contributed by atoms with Gasteiger partial charge in [-0.1, -0.05) is 0 Å². The van der Waals surface area contributed by atoms with Gasteiger partial charge in [0.15, 0.2) is 0 Å². The minimum Gasteiger partial charge on any atom is -0.497 e. The number of ether oxygens (including phenoxy) is 3. The number of hydrogen-bond donors (Lipinski definition) is 1. The number of amides is 1. The number of esters is 1. The van der Waals surface area contributed by atoms with E-state index in [-0.39, 0.29) is 23.6 Å². The molecule has 0 aliphatic carbocycles. The van der Waals surface area contributed by atoms with Gasteiger partial charge in [-0.3, -0.25) is 9.78 Å². The van der Waals surface area contributed by atoms with Crippen molar-refractivity contribution in [1.82, 2.24) is 4.98 Å². The smallest absolute Gasteiger partial charge is 0.338 e. The zero-order valence-electron chi connectivity index (χ0n) is 16.6. The molecule has 0 aliphatic rings. The van der Waals surface area contributed by atoms with Gasteiger partial charge in [0.25, 0.3) is 0 Å². The molecule has 1 amide bonds. The highest BCUT2D eigenvalue weighted by atomic mass is 35.5. The Morgan fingerprint density at radius 1 is 1.00 bits per heavy atom. The van der Waals surface area contributed by atoms with Crippen LogP contribution in [0.2, 0.25) is 0 Å². The number of rotatable bonds is 7. The maximum Gasteiger partial charge on any atom is 0.338 e. The van der Waals surface area contributed by atoms with Crippen molar-refractivity contribution in [2.24, 2.45) is 5.73 Å². The Balaban J connectivity index is 0.00000420. The number of pyridine rings is 1. The first-order chi connectivity index (χ1) is 13.4. The number of carbonyl (C=O) groups is 2. The van der Waals surface area contributed by atoms with Crippen molar-refractivity contribution in [3.63, 3.8) is 0 Å². The lowest BCUT2D eigenvalue weighted by Gasteiger charge is -2.14. The number of carbonyl (C=O) groups excluding carboxylic acids is 2. The number of primary amides is 1. The molecule has 0 atom stereocenters. The molecule has 29 heavy (non-hydrogen) atoms. The van der Waals surface area contributed by atoms with Crippen molar-refractivity contribution in [2.75, 3.05) is 21.3 Å². The van der Waals surface area contributed by atoms with Crippen molar-refractivity contribution in [3.05, 3.63) is 65.0 Å². The van der Waals surface area contributed by atoms with E-state index in [0.29, 0.717) is 28.2 Å². The van der Waals surface area contributed by atoms with E-state index in [1.54, 1.807) is 49.6 Å². The molecular formula is C21H23ClN2O5. The fourth-order valence-corrected chi connectivity index (χ4v) is 2.63. The summed E-state index contributed by atoms with van der Waals surface area (Å²) in [5.41, 5.74) is 7.46. The summed E-state index contributed by atoms with van der Waals surface area (Å²) in [5.74, 6) is -0.363. The third kappa shape index (κ3) is 5.83. The Morgan fingerprint density at radius 3 is 2.00 bits per heavy atom. The largest absolute Gasteiger partial charge is 0.497 e. The van der Waals surface area contributed by atoms with Gasteiger partial charge in [0.05, 0.1) is 32.5 Å². The maximum atomic E-state index is 12.6. The van der Waals surface area contributed by atoms with E-state index < -0.39 is 11.9 Å². The van der Waals surface area contributed by atoms with Gasteiger partial charge in [-0.2, -0.15) is 0 Å². The molecule has 1 aromatic heterocycles. The number of nitrogens with two attached hydrogens (primary N) is 1. The van der Waals surface area contributed by atoms with Crippen molar-refractivity contribution >= 4 is 35.9 Å². The molecule has 2 aromatic rings. The third-order valence-electron chi connectivity index (χ3n) is 4.10. The van der Waals surface area contributed by atoms with Crippen molar-refractivity contribution in [1.29, 1.82) is 0 Å². The average Bonchev–Trinajstić information content (AvgIpc) is 2.72. The van der Waals surface area contributed by atoms with E-state index in [1.165, 1.54) is 27.4 Å². The molecule has 0 aliphatic heterocycles. The molecule has 1 aromatic carbocycles. The summed E-state index contributed by atoms with van der Waals surface area (Å²) in [6.07, 6.45) is 4.68. The van der Waals surface area contributed by atoms with Crippen LogP contribution in [0.1, 0.15) is 18.1 Å². The standard InChI is InChI=1S/C21H22N2O5.ClH/c1-13(15-10-16(26-2)12-17(11-15)27-3)19(21(25)28-4)18(20(22)24)9-14-5-7-23-8-6-14;/h5-12H,1-4H3,(H2,22,24);1H/b18-9+,19-13-;. The molecule has 2 N–H and O–H groups in total. The van der Waals surface area contributed by atoms with E-state index in [9.17, 15) is 9.59 Å². The van der Waals surface area contributed by atoms with Crippen LogP contribution in [0, 0.1) is 0 Å². The lowest BCUT2D eigenvalue weighted by atomic mass is 9.93. The molecule has 0 bridgehead atoms. The second kappa shape index (κ2) is 10.9. The van der Waals surface area contributed by atoms with Gasteiger partial charge in [0, 0.05) is 18.5 Å². The highest BCUT2D eigenvalue weighted by molar-refractivity contribution is 6.15. The fraction of sp³-hybridized carbons (Fsp3) is 0.190. The number of benzene rings is 1. The van der Waals surface area contributed by atoms with Crippen LogP contribution >= 0.6 is 12.4 Å². The van der Waals surface area contributed by atoms with Gasteiger partial charge in [-0.25, -0.2) is 4.79 Å². The minimum atomic E-state index is -0.758. The highest BCUT2D eigenvalue weighted by Crippen LogP contribution is 2.31. The molecule has 0 saturated heterocycles. The predicted octanol–water partition coefficient (Wildman–Crippen LogP) is 3.04. The highest BCUT2D eigenvalue weighted by Gasteiger charge is 2.24. The molecule has 1 heterocycles. The normalized spacial score (nSPS) is 11.7. The molecule has 0 spiro atoms. The number of aromatic nitrogens is 1. The molecule has 0 fully saturated rings. The SMILES string of the molecule is COC(=O)C(=C(/C)c1cc(OC)cc(OC)c1)/C(=C\c1ccncc1)C(N)=O.Cl. The Hall–Kier alpha value is -3.32. The minimum absolute atomic E-state index is 0. The monoisotopic (exact) mass is 418 g/mol. The number of nitrogens with zero attached hydrogens (tertiary/aromatic N) is 1. The molecular weight excluding hydrogens is 396 g/mol. The zero-order valence-corrected chi connectivity index (χ0v) is 17.4. The molecule has 8 heteroatoms. The van der Waals surface area contributed by atoms with Crippen LogP contribution < -0.4 is 15.2 Å². The van der Waals surface area contributed by atoms with Crippen LogP contribution in [0.4, 0.5) is 0 Å². The van der Waals surface area contributed by atoms with Gasteiger partial charge in [0.2, 0.25) is 5.91 Å². The van der Waals surface area contributed by atoms with Crippen LogP contribution in [0.5, 0.6) is 11.5 Å². The zero-order chi connectivity index (χ0) is 20.7. The summed E-state index contributed by atoms with van der Waals surface area (Å²) in [5, 5.41) is 0. The van der Waals surface area contributed by atoms with E-state index >= 15 is 0 Å². The second-order valence-electron chi connectivity index (χ2n) is 5.80. The third-order valence-corrected chi connectivity index (χ3v) is 4.10. The molecule has 0 radical (unpaired) electrons. The van der Waals surface area contributed by atoms with Gasteiger partial charge in [-0.15, -0.1) is 12.4 Å². The number of hydrogen-bond acceptors (Lipinski definition) is 6. The van der Waals surface area contributed by atoms with E-state index in [1.807, 2.05) is 0 Å². The summed E-state index contributed by atoms with van der Waals surface area (Å²) >= 11 is 0. The van der Waals surface area contributed by atoms with Crippen LogP contribution in [-0.4, -0.2) is 38.2 Å². The van der Waals surface area contributed by atoms with Crippen molar-refractivity contribution in [2.45, 2.75) is 6.92 Å². The molecule has 2 rings (SSSR count). The fourth-order valence-electron chi connectivity index (χ4n) is 2.63. The Labute approximate surface area is 175 Å². The van der Waals surface area contributed by atoms with Gasteiger partial charge in [-0.05, 0) is 54.0 Å². The molecule has 154 valence electrons. The van der Waals surface area contributed by atoms with Crippen LogP contribution in [0.3, 0.4) is 0 Å². The first-order valence-electron chi connectivity index (χ1n) is 8.35. The summed E-state index contributed by atoms with van der Waals surface area (Å²) in [7, 11) is 4.29. The number of halogens is 1. The lowest BCUT2D eigenvalue weighted by Crippen LogP contribution is -2.21. The Morgan fingerprint density at radius 2 is 1.55 bits per heavy atom. The Kier molecular flexibility index (Phi) is 8.89. The maximum absolute atomic E-state index is 12.6. The van der Waals surface area contributed by atoms with E-state index in [4.69, 9.17) is 19.9 Å². The Bertz CT molecular complexity index is 917. The lowest BCUT2D eigenvalue weighted by molar-refractivity contribution is -0.136. The van der Waals surface area contributed by atoms with Crippen LogP contribution in [-0.2, 0) is 14.3 Å². The summed E-state index contributed by atoms with van der Waals surface area (Å²) in [6, 6.07) is 8.55. The topological polar surface area (TPSA) is 101 Å². The van der Waals surface area contributed by atoms with E-state index in [2.05, 4.69) is 4.98 Å². The van der Waals surface area contributed by atoms with Gasteiger partial charge < -0.3 is 19.9 Å². The first-order valence-corrected chi connectivity index (χ1v) is 8.35. The molecule has 0 unspecified atom stereocenters. The van der Waals surface area contributed by atoms with Crippen molar-refractivity contribution in [3.8, 4) is 11.5 Å². The quantitative estimate of drug-likeness (QED) is 0.421. The molecule has 7 nitrogen and oxygen atoms in total. The summed E-state index contributed by atoms with van der Waals surface area (Å²) in [6.45, 7) is 1.70. The first kappa shape index (κ1) is 23.7. The second-order valence-corrected chi connectivity index (χ2v) is 5.80. The van der Waals surface area contributed by atoms with E-state index in [0.717, 1.165) is 0 Å². The average molecular weight is 419 g/mol. The van der Waals surface area contributed by atoms with Crippen molar-refractivity contribution < 1.29 is 23.8 Å². The molecule has 0 saturated carbocycles. The van der Waals surface area contributed by atoms with Gasteiger partial charge in [0.1, 0.15) is 11.5 Å². The van der Waals surface area contributed by atoms with Gasteiger partial charge >= 0.3 is 5.97 Å². The number of allylic oxidation sites excluding steroid dienone is 1. The predicted molar refractivity (Wildman–Crippen MR) is 113 cm³/mol. The van der Waals surface area contributed by atoms with Crippen LogP contribution in [0.25, 0.3) is 11.6 Å². The number of methoxy groups -OCH3 is 3. The van der Waals surface area contributed by atoms with Crippen LogP contribution in [0.15, 0.2) is 53.9 Å².